The molecule has 134 valence electrons. The summed E-state index contributed by atoms with van der Waals surface area (Å²) in [6.07, 6.45) is 0.237. The molecule has 1 fully saturated rings. The molecule has 6 heteroatoms. The number of ether oxygens (including phenoxy) is 2. The van der Waals surface area contributed by atoms with Gasteiger partial charge in [0.25, 0.3) is 0 Å². The summed E-state index contributed by atoms with van der Waals surface area (Å²) in [6.45, 7) is 3.03. The number of rotatable bonds is 4. The molecule has 6 nitrogen and oxygen atoms in total. The van der Waals surface area contributed by atoms with E-state index in [4.69, 9.17) is 9.47 Å². The van der Waals surface area contributed by atoms with Gasteiger partial charge < -0.3 is 19.7 Å². The van der Waals surface area contributed by atoms with Gasteiger partial charge in [-0.2, -0.15) is 0 Å². The fraction of sp³-hybridized carbons (Fsp3) is 0.300. The van der Waals surface area contributed by atoms with Gasteiger partial charge >= 0.3 is 0 Å². The number of anilines is 1. The SMILES string of the molecule is Cc1ccc(N2C[C@H](C(=O)NCc3ccc4c(c3)OCO4)CC2=O)cc1. The Bertz CT molecular complexity index is 847. The predicted octanol–water partition coefficient (Wildman–Crippen LogP) is 2.39. The lowest BCUT2D eigenvalue weighted by Gasteiger charge is -2.17. The summed E-state index contributed by atoms with van der Waals surface area (Å²) in [4.78, 5) is 26.5. The number of aryl methyl sites for hydroxylation is 1. The van der Waals surface area contributed by atoms with Crippen molar-refractivity contribution in [3.63, 3.8) is 0 Å². The van der Waals surface area contributed by atoms with Crippen LogP contribution in [0.3, 0.4) is 0 Å². The van der Waals surface area contributed by atoms with Crippen molar-refractivity contribution in [1.82, 2.24) is 5.32 Å². The molecule has 0 radical (unpaired) electrons. The third-order valence-electron chi connectivity index (χ3n) is 4.75. The average molecular weight is 352 g/mol. The minimum atomic E-state index is -0.335. The topological polar surface area (TPSA) is 67.9 Å². The molecule has 2 aromatic rings. The van der Waals surface area contributed by atoms with E-state index < -0.39 is 0 Å². The maximum absolute atomic E-state index is 12.5. The van der Waals surface area contributed by atoms with Crippen molar-refractivity contribution in [1.29, 1.82) is 0 Å². The summed E-state index contributed by atoms with van der Waals surface area (Å²) < 4.78 is 10.6. The number of amides is 2. The highest BCUT2D eigenvalue weighted by atomic mass is 16.7. The molecule has 0 aliphatic carbocycles. The van der Waals surface area contributed by atoms with Crippen LogP contribution in [0.1, 0.15) is 17.5 Å². The molecule has 1 saturated heterocycles. The number of nitrogens with zero attached hydrogens (tertiary/aromatic N) is 1. The van der Waals surface area contributed by atoms with E-state index in [1.165, 1.54) is 0 Å². The number of hydrogen-bond acceptors (Lipinski definition) is 4. The Labute approximate surface area is 151 Å². The van der Waals surface area contributed by atoms with Crippen molar-refractivity contribution < 1.29 is 19.1 Å². The highest BCUT2D eigenvalue weighted by molar-refractivity contribution is 6.00. The van der Waals surface area contributed by atoms with E-state index in [1.807, 2.05) is 49.4 Å². The molecule has 0 unspecified atom stereocenters. The van der Waals surface area contributed by atoms with Crippen LogP contribution >= 0.6 is 0 Å². The van der Waals surface area contributed by atoms with Crippen LogP contribution in [0.25, 0.3) is 0 Å². The molecule has 0 aromatic heterocycles. The smallest absolute Gasteiger partial charge is 0.231 e. The van der Waals surface area contributed by atoms with Crippen molar-refractivity contribution >= 4 is 17.5 Å². The lowest BCUT2D eigenvalue weighted by Crippen LogP contribution is -2.32. The van der Waals surface area contributed by atoms with Gasteiger partial charge in [0.1, 0.15) is 0 Å². The van der Waals surface area contributed by atoms with Crippen molar-refractivity contribution in [2.45, 2.75) is 19.9 Å². The number of nitrogens with one attached hydrogen (secondary N) is 1. The lowest BCUT2D eigenvalue weighted by atomic mass is 10.1. The van der Waals surface area contributed by atoms with Crippen LogP contribution in [0.5, 0.6) is 11.5 Å². The second kappa shape index (κ2) is 6.71. The maximum Gasteiger partial charge on any atom is 0.231 e. The summed E-state index contributed by atoms with van der Waals surface area (Å²) in [7, 11) is 0. The molecule has 2 aliphatic heterocycles. The van der Waals surface area contributed by atoms with Crippen LogP contribution in [-0.2, 0) is 16.1 Å². The third-order valence-corrected chi connectivity index (χ3v) is 4.75. The Morgan fingerprint density at radius 3 is 2.73 bits per heavy atom. The summed E-state index contributed by atoms with van der Waals surface area (Å²) in [6, 6.07) is 13.4. The van der Waals surface area contributed by atoms with Gasteiger partial charge in [0.15, 0.2) is 11.5 Å². The van der Waals surface area contributed by atoms with E-state index >= 15 is 0 Å². The van der Waals surface area contributed by atoms with Gasteiger partial charge in [-0.3, -0.25) is 9.59 Å². The number of carbonyl (C=O) groups is 2. The fourth-order valence-corrected chi connectivity index (χ4v) is 3.24. The highest BCUT2D eigenvalue weighted by Crippen LogP contribution is 2.32. The molecule has 0 saturated carbocycles. The first-order valence-corrected chi connectivity index (χ1v) is 8.63. The number of fused-ring (bicyclic) bond motifs is 1. The molecular formula is C20H20N2O4. The normalized spacial score (nSPS) is 18.3. The Morgan fingerprint density at radius 1 is 1.15 bits per heavy atom. The second-order valence-corrected chi connectivity index (χ2v) is 6.65. The van der Waals surface area contributed by atoms with E-state index in [-0.39, 0.29) is 30.9 Å². The third kappa shape index (κ3) is 3.22. The molecule has 1 atom stereocenters. The van der Waals surface area contributed by atoms with Gasteiger partial charge in [0.05, 0.1) is 5.92 Å². The van der Waals surface area contributed by atoms with Crippen LogP contribution in [0.2, 0.25) is 0 Å². The molecule has 1 N–H and O–H groups in total. The largest absolute Gasteiger partial charge is 0.454 e. The van der Waals surface area contributed by atoms with Crippen molar-refractivity contribution in [2.75, 3.05) is 18.2 Å². The Morgan fingerprint density at radius 2 is 1.92 bits per heavy atom. The molecule has 2 aromatic carbocycles. The van der Waals surface area contributed by atoms with Crippen LogP contribution < -0.4 is 19.7 Å². The molecule has 4 rings (SSSR count). The van der Waals surface area contributed by atoms with Gasteiger partial charge in [-0.1, -0.05) is 23.8 Å². The number of carbonyl (C=O) groups excluding carboxylic acids is 2. The zero-order valence-corrected chi connectivity index (χ0v) is 14.5. The minimum Gasteiger partial charge on any atom is -0.454 e. The van der Waals surface area contributed by atoms with Crippen LogP contribution in [-0.4, -0.2) is 25.2 Å². The standard InChI is InChI=1S/C20H20N2O4/c1-13-2-5-16(6-3-13)22-11-15(9-19(22)23)20(24)21-10-14-4-7-17-18(8-14)26-12-25-17/h2-8,15H,9-12H2,1H3,(H,21,24)/t15-/m1/s1. The van der Waals surface area contributed by atoms with Gasteiger partial charge in [-0.25, -0.2) is 0 Å². The quantitative estimate of drug-likeness (QED) is 0.917. The van der Waals surface area contributed by atoms with E-state index in [1.54, 1.807) is 4.90 Å². The van der Waals surface area contributed by atoms with Gasteiger partial charge in [0.2, 0.25) is 18.6 Å². The van der Waals surface area contributed by atoms with E-state index in [2.05, 4.69) is 5.32 Å². The Hall–Kier alpha value is -3.02. The lowest BCUT2D eigenvalue weighted by molar-refractivity contribution is -0.126. The Balaban J connectivity index is 1.36. The predicted molar refractivity (Wildman–Crippen MR) is 96.1 cm³/mol. The summed E-state index contributed by atoms with van der Waals surface area (Å²) in [5.74, 6) is 0.953. The first kappa shape index (κ1) is 16.4. The maximum atomic E-state index is 12.5. The van der Waals surface area contributed by atoms with Crippen LogP contribution in [0, 0.1) is 12.8 Å². The molecule has 2 amide bonds. The number of benzene rings is 2. The summed E-state index contributed by atoms with van der Waals surface area (Å²) in [5, 5.41) is 2.92. The van der Waals surface area contributed by atoms with Gasteiger partial charge in [-0.05, 0) is 36.8 Å². The molecule has 2 heterocycles. The van der Waals surface area contributed by atoms with E-state index in [9.17, 15) is 9.59 Å². The van der Waals surface area contributed by atoms with Crippen molar-refractivity contribution in [3.05, 3.63) is 53.6 Å². The first-order chi connectivity index (χ1) is 12.6. The molecule has 0 bridgehead atoms. The fourth-order valence-electron chi connectivity index (χ4n) is 3.24. The van der Waals surface area contributed by atoms with Crippen LogP contribution in [0.15, 0.2) is 42.5 Å². The van der Waals surface area contributed by atoms with Gasteiger partial charge in [-0.15, -0.1) is 0 Å². The first-order valence-electron chi connectivity index (χ1n) is 8.63. The van der Waals surface area contributed by atoms with Crippen molar-refractivity contribution in [3.8, 4) is 11.5 Å². The van der Waals surface area contributed by atoms with Crippen molar-refractivity contribution in [2.24, 2.45) is 5.92 Å². The minimum absolute atomic E-state index is 0.0166. The molecule has 0 spiro atoms. The second-order valence-electron chi connectivity index (χ2n) is 6.65. The monoisotopic (exact) mass is 352 g/mol. The van der Waals surface area contributed by atoms with Crippen LogP contribution in [0.4, 0.5) is 5.69 Å². The molecule has 26 heavy (non-hydrogen) atoms. The number of hydrogen-bond donors (Lipinski definition) is 1. The summed E-state index contributed by atoms with van der Waals surface area (Å²) in [5.41, 5.74) is 2.91. The van der Waals surface area contributed by atoms with E-state index in [0.29, 0.717) is 18.8 Å². The summed E-state index contributed by atoms with van der Waals surface area (Å²) >= 11 is 0. The zero-order chi connectivity index (χ0) is 18.1. The highest BCUT2D eigenvalue weighted by Gasteiger charge is 2.35. The van der Waals surface area contributed by atoms with Gasteiger partial charge in [0, 0.05) is 25.2 Å². The molecule has 2 aliphatic rings. The average Bonchev–Trinajstić information content (AvgIpc) is 3.26. The van der Waals surface area contributed by atoms with E-state index in [0.717, 1.165) is 22.6 Å². The molecular weight excluding hydrogens is 332 g/mol. The Kier molecular flexibility index (Phi) is 4.24. The zero-order valence-electron chi connectivity index (χ0n) is 14.5.